The highest BCUT2D eigenvalue weighted by molar-refractivity contribution is 7.18. The fourth-order valence-electron chi connectivity index (χ4n) is 1.72. The zero-order chi connectivity index (χ0) is 15.2. The second-order valence-electron chi connectivity index (χ2n) is 4.40. The molecule has 0 bridgehead atoms. The molecule has 0 fully saturated rings. The largest absolute Gasteiger partial charge is 0.492 e. The summed E-state index contributed by atoms with van der Waals surface area (Å²) in [5.41, 5.74) is 6.83. The molecule has 112 valence electrons. The zero-order valence-corrected chi connectivity index (χ0v) is 12.8. The topological polar surface area (TPSA) is 89.3 Å². The first-order valence-electron chi connectivity index (χ1n) is 6.52. The number of anilines is 2. The van der Waals surface area contributed by atoms with Crippen LogP contribution in [0.3, 0.4) is 0 Å². The number of aromatic nitrogens is 1. The number of thiazole rings is 1. The second-order valence-corrected chi connectivity index (χ2v) is 5.40. The number of nitrogens with two attached hydrogens (primary N) is 1. The minimum Gasteiger partial charge on any atom is -0.492 e. The van der Waals surface area contributed by atoms with E-state index in [0.717, 1.165) is 11.3 Å². The molecule has 1 aromatic carbocycles. The van der Waals surface area contributed by atoms with Crippen molar-refractivity contribution in [1.82, 2.24) is 10.3 Å². The Morgan fingerprint density at radius 2 is 2.29 bits per heavy atom. The molecule has 0 atom stereocenters. The van der Waals surface area contributed by atoms with Crippen molar-refractivity contribution in [1.29, 1.82) is 0 Å². The van der Waals surface area contributed by atoms with Crippen molar-refractivity contribution in [3.05, 3.63) is 34.7 Å². The summed E-state index contributed by atoms with van der Waals surface area (Å²) in [6.07, 6.45) is 0. The predicted molar refractivity (Wildman–Crippen MR) is 85.1 cm³/mol. The lowest BCUT2D eigenvalue weighted by molar-refractivity contribution is 0.0951. The summed E-state index contributed by atoms with van der Waals surface area (Å²) in [6.45, 7) is 2.80. The Balaban J connectivity index is 1.80. The zero-order valence-electron chi connectivity index (χ0n) is 12.0. The molecule has 6 nitrogen and oxygen atoms in total. The Kier molecular flexibility index (Phi) is 4.99. The first-order valence-corrected chi connectivity index (χ1v) is 7.33. The van der Waals surface area contributed by atoms with Gasteiger partial charge in [-0.2, -0.15) is 0 Å². The number of nitrogens with zero attached hydrogens (tertiary/aromatic N) is 1. The van der Waals surface area contributed by atoms with Gasteiger partial charge in [-0.1, -0.05) is 23.5 Å². The maximum absolute atomic E-state index is 12.0. The Hall–Kier alpha value is -2.28. The fraction of sp³-hybridized carbons (Fsp3) is 0.286. The van der Waals surface area contributed by atoms with Crippen molar-refractivity contribution in [2.75, 3.05) is 31.2 Å². The maximum Gasteiger partial charge on any atom is 0.265 e. The number of benzene rings is 1. The molecule has 0 aliphatic heterocycles. The molecule has 1 heterocycles. The Labute approximate surface area is 127 Å². The molecule has 0 aliphatic carbocycles. The summed E-state index contributed by atoms with van der Waals surface area (Å²) in [7, 11) is 1.73. The van der Waals surface area contributed by atoms with Crippen LogP contribution in [0, 0.1) is 6.92 Å². The van der Waals surface area contributed by atoms with Crippen molar-refractivity contribution in [2.45, 2.75) is 6.92 Å². The van der Waals surface area contributed by atoms with Gasteiger partial charge < -0.3 is 21.1 Å². The normalized spacial score (nSPS) is 10.2. The summed E-state index contributed by atoms with van der Waals surface area (Å²) in [5.74, 6) is 0.791. The number of nitrogens with one attached hydrogen (secondary N) is 2. The molecule has 0 spiro atoms. The SMILES string of the molecule is CNc1nc(N)c(C(=O)NCCOc2cccc(C)c2)s1. The molecule has 0 unspecified atom stereocenters. The summed E-state index contributed by atoms with van der Waals surface area (Å²) < 4.78 is 5.56. The van der Waals surface area contributed by atoms with E-state index < -0.39 is 0 Å². The molecule has 1 amide bonds. The van der Waals surface area contributed by atoms with Crippen LogP contribution < -0.4 is 21.1 Å². The molecular weight excluding hydrogens is 288 g/mol. The van der Waals surface area contributed by atoms with Crippen LogP contribution in [0.4, 0.5) is 10.9 Å². The summed E-state index contributed by atoms with van der Waals surface area (Å²) in [6, 6.07) is 7.76. The van der Waals surface area contributed by atoms with E-state index in [0.29, 0.717) is 23.2 Å². The molecule has 0 radical (unpaired) electrons. The fourth-order valence-corrected chi connectivity index (χ4v) is 2.47. The van der Waals surface area contributed by atoms with E-state index >= 15 is 0 Å². The summed E-state index contributed by atoms with van der Waals surface area (Å²) in [5, 5.41) is 6.24. The van der Waals surface area contributed by atoms with E-state index in [1.54, 1.807) is 7.05 Å². The summed E-state index contributed by atoms with van der Waals surface area (Å²) in [4.78, 5) is 16.4. The van der Waals surface area contributed by atoms with Crippen LogP contribution in [0.5, 0.6) is 5.75 Å². The third-order valence-corrected chi connectivity index (χ3v) is 3.81. The van der Waals surface area contributed by atoms with E-state index in [9.17, 15) is 4.79 Å². The number of aryl methyl sites for hydroxylation is 1. The highest BCUT2D eigenvalue weighted by Crippen LogP contribution is 2.24. The number of hydrogen-bond acceptors (Lipinski definition) is 6. The first kappa shape index (κ1) is 15.1. The van der Waals surface area contributed by atoms with Crippen LogP contribution in [0.1, 0.15) is 15.2 Å². The standard InChI is InChI=1S/C14H18N4O2S/c1-9-4-3-5-10(8-9)20-7-6-17-13(19)11-12(15)18-14(16-2)21-11/h3-5,8H,6-7,15H2,1-2H3,(H,16,18)(H,17,19). The van der Waals surface area contributed by atoms with Crippen molar-refractivity contribution in [3.8, 4) is 5.75 Å². The van der Waals surface area contributed by atoms with Gasteiger partial charge in [-0.05, 0) is 24.6 Å². The smallest absolute Gasteiger partial charge is 0.265 e. The van der Waals surface area contributed by atoms with E-state index in [2.05, 4.69) is 15.6 Å². The van der Waals surface area contributed by atoms with Gasteiger partial charge >= 0.3 is 0 Å². The molecule has 0 saturated carbocycles. The third kappa shape index (κ3) is 4.09. The van der Waals surface area contributed by atoms with E-state index in [1.807, 2.05) is 31.2 Å². The average molecular weight is 306 g/mol. The molecule has 0 saturated heterocycles. The van der Waals surface area contributed by atoms with Crippen molar-refractivity contribution < 1.29 is 9.53 Å². The average Bonchev–Trinajstić information content (AvgIpc) is 2.85. The van der Waals surface area contributed by atoms with Gasteiger partial charge in [-0.25, -0.2) is 4.98 Å². The number of hydrogen-bond donors (Lipinski definition) is 3. The number of nitrogen functional groups attached to an aromatic ring is 1. The number of rotatable bonds is 6. The van der Waals surface area contributed by atoms with Crippen LogP contribution in [0.2, 0.25) is 0 Å². The highest BCUT2D eigenvalue weighted by atomic mass is 32.1. The van der Waals surface area contributed by atoms with Gasteiger partial charge in [0.15, 0.2) is 5.13 Å². The van der Waals surface area contributed by atoms with Crippen LogP contribution in [-0.4, -0.2) is 31.1 Å². The van der Waals surface area contributed by atoms with E-state index in [4.69, 9.17) is 10.5 Å². The van der Waals surface area contributed by atoms with Gasteiger partial charge in [0.05, 0.1) is 6.54 Å². The molecule has 2 aromatic rings. The first-order chi connectivity index (χ1) is 10.1. The van der Waals surface area contributed by atoms with Gasteiger partial charge in [0, 0.05) is 7.05 Å². The molecule has 21 heavy (non-hydrogen) atoms. The highest BCUT2D eigenvalue weighted by Gasteiger charge is 2.15. The lowest BCUT2D eigenvalue weighted by atomic mass is 10.2. The maximum atomic E-state index is 12.0. The van der Waals surface area contributed by atoms with Gasteiger partial charge in [0.1, 0.15) is 23.1 Å². The molecule has 1 aromatic heterocycles. The minimum atomic E-state index is -0.237. The lowest BCUT2D eigenvalue weighted by Gasteiger charge is -2.07. The van der Waals surface area contributed by atoms with Gasteiger partial charge in [-0.3, -0.25) is 4.79 Å². The Morgan fingerprint density at radius 3 is 2.95 bits per heavy atom. The van der Waals surface area contributed by atoms with Crippen LogP contribution in [0.25, 0.3) is 0 Å². The number of carbonyl (C=O) groups excluding carboxylic acids is 1. The predicted octanol–water partition coefficient (Wildman–Crippen LogP) is 1.88. The van der Waals surface area contributed by atoms with Crippen LogP contribution in [-0.2, 0) is 0 Å². The number of carbonyl (C=O) groups is 1. The van der Waals surface area contributed by atoms with Crippen LogP contribution in [0.15, 0.2) is 24.3 Å². The molecule has 2 rings (SSSR count). The van der Waals surface area contributed by atoms with E-state index in [1.165, 1.54) is 11.3 Å². The molecular formula is C14H18N4O2S. The number of amides is 1. The van der Waals surface area contributed by atoms with Gasteiger partial charge in [-0.15, -0.1) is 0 Å². The molecule has 4 N–H and O–H groups in total. The van der Waals surface area contributed by atoms with Crippen molar-refractivity contribution >= 4 is 28.2 Å². The molecule has 7 heteroatoms. The second kappa shape index (κ2) is 6.94. The van der Waals surface area contributed by atoms with Crippen molar-refractivity contribution in [3.63, 3.8) is 0 Å². The van der Waals surface area contributed by atoms with Crippen molar-refractivity contribution in [2.24, 2.45) is 0 Å². The number of ether oxygens (including phenoxy) is 1. The van der Waals surface area contributed by atoms with E-state index in [-0.39, 0.29) is 11.7 Å². The Morgan fingerprint density at radius 1 is 1.48 bits per heavy atom. The summed E-state index contributed by atoms with van der Waals surface area (Å²) >= 11 is 1.22. The van der Waals surface area contributed by atoms with Gasteiger partial charge in [0.2, 0.25) is 0 Å². The Bertz CT molecular complexity index is 627. The quantitative estimate of drug-likeness (QED) is 0.709. The third-order valence-electron chi connectivity index (χ3n) is 2.72. The molecule has 0 aliphatic rings. The van der Waals surface area contributed by atoms with Crippen LogP contribution >= 0.6 is 11.3 Å². The lowest BCUT2D eigenvalue weighted by Crippen LogP contribution is -2.28. The monoisotopic (exact) mass is 306 g/mol. The van der Waals surface area contributed by atoms with Gasteiger partial charge in [0.25, 0.3) is 5.91 Å². The minimum absolute atomic E-state index is 0.237.